The Hall–Kier alpha value is -3.33. The number of imidazole rings is 1. The summed E-state index contributed by atoms with van der Waals surface area (Å²) in [5.74, 6) is 0.128. The molecule has 0 radical (unpaired) electrons. The number of carboxylic acids is 1. The Morgan fingerprint density at radius 2 is 2.21 bits per heavy atom. The van der Waals surface area contributed by atoms with Gasteiger partial charge in [0, 0.05) is 26.4 Å². The van der Waals surface area contributed by atoms with E-state index in [0.29, 0.717) is 29.9 Å². The average Bonchev–Trinajstić information content (AvgIpc) is 3.41. The number of amides is 1. The number of carbonyl (C=O) groups is 2. The van der Waals surface area contributed by atoms with Gasteiger partial charge in [0.25, 0.3) is 0 Å². The Morgan fingerprint density at radius 1 is 1.41 bits per heavy atom. The highest BCUT2D eigenvalue weighted by molar-refractivity contribution is 8.00. The fourth-order valence-corrected chi connectivity index (χ4v) is 4.40. The van der Waals surface area contributed by atoms with Gasteiger partial charge in [-0.2, -0.15) is 0 Å². The largest absolute Gasteiger partial charge is 0.480 e. The predicted molar refractivity (Wildman–Crippen MR) is 127 cm³/mol. The number of carboxylic acid groups (broad SMARTS) is 1. The number of thioether (sulfide) groups is 1. The first-order chi connectivity index (χ1) is 16.2. The van der Waals surface area contributed by atoms with Crippen molar-refractivity contribution < 1.29 is 24.2 Å². The molecule has 15 heteroatoms. The lowest BCUT2D eigenvalue weighted by Gasteiger charge is -2.16. The third-order valence-corrected chi connectivity index (χ3v) is 6.10. The average molecular weight is 496 g/mol. The van der Waals surface area contributed by atoms with Crippen LogP contribution in [0.4, 0.5) is 10.6 Å². The molecule has 6 N–H and O–H groups in total. The summed E-state index contributed by atoms with van der Waals surface area (Å²) in [5.41, 5.74) is 11.7. The van der Waals surface area contributed by atoms with Gasteiger partial charge < -0.3 is 40.8 Å². The second-order valence-corrected chi connectivity index (χ2v) is 8.96. The number of rotatable bonds is 11. The molecular weight excluding hydrogens is 466 g/mol. The van der Waals surface area contributed by atoms with E-state index in [9.17, 15) is 14.7 Å². The first-order valence-electron chi connectivity index (χ1n) is 10.6. The lowest BCUT2D eigenvalue weighted by molar-refractivity contribution is -0.139. The monoisotopic (exact) mass is 495 g/mol. The molecule has 2 aromatic heterocycles. The third-order valence-electron chi connectivity index (χ3n) is 4.90. The van der Waals surface area contributed by atoms with Gasteiger partial charge in [0.1, 0.15) is 30.5 Å². The molecular formula is C19H29N9O5S. The van der Waals surface area contributed by atoms with E-state index in [1.807, 2.05) is 23.6 Å². The molecule has 0 saturated carbocycles. The summed E-state index contributed by atoms with van der Waals surface area (Å²) in [7, 11) is 3.78. The molecule has 1 aliphatic rings. The topological polar surface area (TPSA) is 196 Å². The Bertz CT molecular complexity index is 1030. The standard InChI is InChI=1S/C19H29N9O5S/c1-27(2)15-14-16(24-9-23-15)28(10-25-14)6-13-33-11(8-34-13)7-32-19(31)26-12(17(29)30)4-3-5-22-18(20)21/h9-13H,3-8H2,1-2H3,(H,26,31)(H,29,30)(H4,20,21,22)/t11?,12-,13?/m0/s1. The fraction of sp³-hybridized carbons (Fsp3) is 0.579. The molecule has 1 aliphatic heterocycles. The zero-order chi connectivity index (χ0) is 24.7. The van der Waals surface area contributed by atoms with Gasteiger partial charge in [0.05, 0.1) is 12.9 Å². The number of guanidine groups is 1. The molecule has 3 atom stereocenters. The minimum absolute atomic E-state index is 0.00724. The number of carbonyl (C=O) groups excluding carboxylic acids is 1. The molecule has 3 rings (SSSR count). The smallest absolute Gasteiger partial charge is 0.407 e. The van der Waals surface area contributed by atoms with Gasteiger partial charge in [0.15, 0.2) is 22.9 Å². The van der Waals surface area contributed by atoms with Crippen molar-refractivity contribution in [3.63, 3.8) is 0 Å². The molecule has 0 aliphatic carbocycles. The van der Waals surface area contributed by atoms with E-state index in [1.54, 1.807) is 18.1 Å². The summed E-state index contributed by atoms with van der Waals surface area (Å²) in [4.78, 5) is 42.1. The minimum atomic E-state index is -1.16. The quantitative estimate of drug-likeness (QED) is 0.179. The van der Waals surface area contributed by atoms with E-state index in [-0.39, 0.29) is 37.1 Å². The van der Waals surface area contributed by atoms with Crippen molar-refractivity contribution in [1.82, 2.24) is 24.8 Å². The second-order valence-electron chi connectivity index (χ2n) is 7.76. The Balaban J connectivity index is 1.45. The minimum Gasteiger partial charge on any atom is -0.480 e. The summed E-state index contributed by atoms with van der Waals surface area (Å²) in [6.45, 7) is 0.796. The van der Waals surface area contributed by atoms with Crippen molar-refractivity contribution in [2.24, 2.45) is 16.5 Å². The van der Waals surface area contributed by atoms with Crippen LogP contribution in [-0.4, -0.2) is 93.2 Å². The molecule has 0 spiro atoms. The van der Waals surface area contributed by atoms with Crippen LogP contribution in [0.5, 0.6) is 0 Å². The van der Waals surface area contributed by atoms with Crippen molar-refractivity contribution in [1.29, 1.82) is 0 Å². The van der Waals surface area contributed by atoms with Crippen molar-refractivity contribution >= 4 is 46.8 Å². The van der Waals surface area contributed by atoms with Crippen LogP contribution in [0, 0.1) is 0 Å². The number of alkyl carbamates (subject to hydrolysis) is 1. The Morgan fingerprint density at radius 3 is 2.91 bits per heavy atom. The molecule has 3 heterocycles. The molecule has 1 saturated heterocycles. The van der Waals surface area contributed by atoms with Crippen LogP contribution in [0.15, 0.2) is 17.6 Å². The number of aromatic nitrogens is 4. The third kappa shape index (κ3) is 6.84. The van der Waals surface area contributed by atoms with Crippen LogP contribution < -0.4 is 21.7 Å². The van der Waals surface area contributed by atoms with Gasteiger partial charge in [-0.3, -0.25) is 4.99 Å². The molecule has 2 aromatic rings. The molecule has 34 heavy (non-hydrogen) atoms. The number of anilines is 1. The maximum absolute atomic E-state index is 12.1. The summed E-state index contributed by atoms with van der Waals surface area (Å²) in [6, 6.07) is -1.10. The van der Waals surface area contributed by atoms with Gasteiger partial charge in [0.2, 0.25) is 0 Å². The van der Waals surface area contributed by atoms with Gasteiger partial charge in [-0.05, 0) is 12.8 Å². The van der Waals surface area contributed by atoms with Crippen LogP contribution in [0.2, 0.25) is 0 Å². The van der Waals surface area contributed by atoms with Crippen molar-refractivity contribution in [3.05, 3.63) is 12.7 Å². The first-order valence-corrected chi connectivity index (χ1v) is 11.6. The van der Waals surface area contributed by atoms with Crippen molar-refractivity contribution in [2.75, 3.05) is 37.9 Å². The van der Waals surface area contributed by atoms with E-state index in [4.69, 9.17) is 20.9 Å². The summed E-state index contributed by atoms with van der Waals surface area (Å²) >= 11 is 1.59. The van der Waals surface area contributed by atoms with Crippen LogP contribution in [0.25, 0.3) is 11.2 Å². The fourth-order valence-electron chi connectivity index (χ4n) is 3.29. The summed E-state index contributed by atoms with van der Waals surface area (Å²) in [5, 5.41) is 11.6. The first kappa shape index (κ1) is 25.3. The molecule has 2 unspecified atom stereocenters. The molecule has 1 fully saturated rings. The molecule has 14 nitrogen and oxygen atoms in total. The normalized spacial score (nSPS) is 18.4. The van der Waals surface area contributed by atoms with Gasteiger partial charge in [-0.15, -0.1) is 11.8 Å². The molecule has 186 valence electrons. The van der Waals surface area contributed by atoms with E-state index in [0.717, 1.165) is 5.82 Å². The van der Waals surface area contributed by atoms with E-state index in [1.165, 1.54) is 6.33 Å². The van der Waals surface area contributed by atoms with Crippen LogP contribution >= 0.6 is 11.8 Å². The lowest BCUT2D eigenvalue weighted by Crippen LogP contribution is -2.42. The maximum Gasteiger partial charge on any atom is 0.407 e. The number of nitrogens with zero attached hydrogens (tertiary/aromatic N) is 6. The van der Waals surface area contributed by atoms with Gasteiger partial charge in [-0.25, -0.2) is 24.5 Å². The summed E-state index contributed by atoms with van der Waals surface area (Å²) in [6.07, 6.45) is 2.62. The number of ether oxygens (including phenoxy) is 2. The van der Waals surface area contributed by atoms with Crippen LogP contribution in [0.3, 0.4) is 0 Å². The SMILES string of the molecule is CN(C)c1ncnc2c1ncn2CC1OC(COC(=O)N[C@@H](CCCN=C(N)N)C(=O)O)CS1. The number of nitrogens with one attached hydrogen (secondary N) is 1. The number of fused-ring (bicyclic) bond motifs is 1. The number of hydrogen-bond acceptors (Lipinski definition) is 10. The molecule has 0 bridgehead atoms. The van der Waals surface area contributed by atoms with Crippen LogP contribution in [0.1, 0.15) is 12.8 Å². The molecule has 1 amide bonds. The van der Waals surface area contributed by atoms with Crippen molar-refractivity contribution in [3.8, 4) is 0 Å². The van der Waals surface area contributed by atoms with E-state index >= 15 is 0 Å². The highest BCUT2D eigenvalue weighted by atomic mass is 32.2. The summed E-state index contributed by atoms with van der Waals surface area (Å²) < 4.78 is 13.0. The Kier molecular flexibility index (Phi) is 8.70. The van der Waals surface area contributed by atoms with Gasteiger partial charge >= 0.3 is 12.1 Å². The zero-order valence-corrected chi connectivity index (χ0v) is 19.8. The van der Waals surface area contributed by atoms with E-state index in [2.05, 4.69) is 25.3 Å². The van der Waals surface area contributed by atoms with Gasteiger partial charge in [-0.1, -0.05) is 0 Å². The van der Waals surface area contributed by atoms with Crippen LogP contribution in [-0.2, 0) is 20.8 Å². The number of aliphatic carboxylic acids is 1. The highest BCUT2D eigenvalue weighted by Crippen LogP contribution is 2.28. The zero-order valence-electron chi connectivity index (χ0n) is 19.0. The number of hydrogen-bond donors (Lipinski definition) is 4. The highest BCUT2D eigenvalue weighted by Gasteiger charge is 2.29. The number of nitrogens with two attached hydrogens (primary N) is 2. The lowest BCUT2D eigenvalue weighted by atomic mass is 10.1. The Labute approximate surface area is 200 Å². The van der Waals surface area contributed by atoms with E-state index < -0.39 is 18.1 Å². The number of aliphatic imine (C=N–C) groups is 1. The van der Waals surface area contributed by atoms with Crippen molar-refractivity contribution in [2.45, 2.75) is 37.0 Å². The predicted octanol–water partition coefficient (Wildman–Crippen LogP) is -0.417. The molecule has 0 aromatic carbocycles. The maximum atomic E-state index is 12.1. The second kappa shape index (κ2) is 11.7.